The predicted octanol–water partition coefficient (Wildman–Crippen LogP) is 3.74. The summed E-state index contributed by atoms with van der Waals surface area (Å²) >= 11 is 0. The quantitative estimate of drug-likeness (QED) is 0.0386. The molecule has 0 bridgehead atoms. The molecule has 0 aromatic rings. The van der Waals surface area contributed by atoms with E-state index in [1.54, 1.807) is 41.5 Å². The van der Waals surface area contributed by atoms with Crippen LogP contribution in [0.1, 0.15) is 258 Å². The van der Waals surface area contributed by atoms with E-state index in [4.69, 9.17) is 42.6 Å². The van der Waals surface area contributed by atoms with Crippen LogP contribution in [0.5, 0.6) is 0 Å². The molecule has 3 aliphatic rings. The van der Waals surface area contributed by atoms with Crippen molar-refractivity contribution in [2.24, 2.45) is 16.2 Å². The lowest BCUT2D eigenvalue weighted by molar-refractivity contribution is -0.242. The van der Waals surface area contributed by atoms with Gasteiger partial charge >= 0.3 is 0 Å². The van der Waals surface area contributed by atoms with E-state index in [-0.39, 0.29) is 120 Å². The van der Waals surface area contributed by atoms with Crippen molar-refractivity contribution in [2.45, 2.75) is 372 Å². The number of aliphatic hydroxyl groups excluding tert-OH is 9. The molecule has 14 N–H and O–H groups in total. The fourth-order valence-corrected chi connectivity index (χ4v) is 14.9. The van der Waals surface area contributed by atoms with Crippen molar-refractivity contribution in [3.05, 3.63) is 0 Å². The smallest absolute Gasteiger partial charge is 0.222 e. The van der Waals surface area contributed by atoms with Crippen molar-refractivity contribution in [2.75, 3.05) is 92.4 Å². The molecule has 3 rings (SSSR count). The summed E-state index contributed by atoms with van der Waals surface area (Å²) in [5.41, 5.74) is -5.87. The predicted molar refractivity (Wildman–Crippen MR) is 431 cm³/mol. The van der Waals surface area contributed by atoms with Gasteiger partial charge in [0.25, 0.3) is 0 Å². The first kappa shape index (κ1) is 106. The highest BCUT2D eigenvalue weighted by Crippen LogP contribution is 2.36. The van der Waals surface area contributed by atoms with Crippen LogP contribution in [0.4, 0.5) is 0 Å². The van der Waals surface area contributed by atoms with Crippen LogP contribution in [0.2, 0.25) is 0 Å². The Morgan fingerprint density at radius 3 is 1.00 bits per heavy atom. The molecule has 0 aromatic carbocycles. The van der Waals surface area contributed by atoms with Crippen molar-refractivity contribution in [1.29, 1.82) is 0 Å². The van der Waals surface area contributed by atoms with Crippen molar-refractivity contribution in [1.82, 2.24) is 26.6 Å². The Morgan fingerprint density at radius 2 is 0.655 bits per heavy atom. The minimum absolute atomic E-state index is 0.00823. The van der Waals surface area contributed by atoms with Crippen LogP contribution >= 0.6 is 0 Å². The summed E-state index contributed by atoms with van der Waals surface area (Å²) < 4.78 is 54.5. The van der Waals surface area contributed by atoms with E-state index in [9.17, 15) is 89.1 Å². The zero-order valence-corrected chi connectivity index (χ0v) is 72.7. The molecule has 0 radical (unpaired) electrons. The first-order valence-corrected chi connectivity index (χ1v) is 42.2. The van der Waals surface area contributed by atoms with Gasteiger partial charge in [-0.15, -0.1) is 0 Å². The highest BCUT2D eigenvalue weighted by atomic mass is 16.6. The molecule has 32 nitrogen and oxygen atoms in total. The molecule has 4 amide bonds. The molecule has 3 saturated heterocycles. The zero-order valence-electron chi connectivity index (χ0n) is 72.7. The summed E-state index contributed by atoms with van der Waals surface area (Å²) in [5, 5.41) is 107. The Kier molecular flexibility index (Phi) is 46.8. The number of amides is 4. The summed E-state index contributed by atoms with van der Waals surface area (Å²) in [6, 6.07) is -2.97. The number of ketones is 5. The Hall–Kier alpha value is -4.53. The first-order chi connectivity index (χ1) is 54.2. The molecule has 674 valence electrons. The van der Waals surface area contributed by atoms with Gasteiger partial charge in [-0.05, 0) is 139 Å². The number of rotatable bonds is 62. The molecule has 3 fully saturated rings. The molecule has 0 aliphatic carbocycles. The second-order valence-corrected chi connectivity index (χ2v) is 35.9. The highest BCUT2D eigenvalue weighted by Gasteiger charge is 2.54. The summed E-state index contributed by atoms with van der Waals surface area (Å²) in [6.45, 7) is 28.4. The Bertz CT molecular complexity index is 2670. The third-order valence-electron chi connectivity index (χ3n) is 22.6. The third kappa shape index (κ3) is 36.6. The van der Waals surface area contributed by atoms with Gasteiger partial charge in [0.05, 0.1) is 99.9 Å². The topological polar surface area (TPSA) is 479 Å². The van der Waals surface area contributed by atoms with Gasteiger partial charge < -0.3 is 115 Å². The summed E-state index contributed by atoms with van der Waals surface area (Å²) in [7, 11) is 0. The van der Waals surface area contributed by atoms with Gasteiger partial charge in [-0.1, -0.05) is 53.9 Å². The zero-order chi connectivity index (χ0) is 87.4. The van der Waals surface area contributed by atoms with Gasteiger partial charge in [0.1, 0.15) is 96.4 Å². The number of ether oxygens (including phenoxy) is 9. The Balaban J connectivity index is 1.44. The maximum atomic E-state index is 13.4. The lowest BCUT2D eigenvalue weighted by atomic mass is 9.80. The van der Waals surface area contributed by atoms with E-state index in [1.807, 2.05) is 48.5 Å². The first-order valence-electron chi connectivity index (χ1n) is 42.2. The molecule has 116 heavy (non-hydrogen) atoms. The van der Waals surface area contributed by atoms with E-state index < -0.39 is 168 Å². The molecule has 0 saturated carbocycles. The van der Waals surface area contributed by atoms with Gasteiger partial charge in [-0.2, -0.15) is 0 Å². The lowest BCUT2D eigenvalue weighted by Crippen LogP contribution is -2.68. The number of aliphatic hydroxyl groups is 9. The van der Waals surface area contributed by atoms with Crippen LogP contribution in [0.3, 0.4) is 0 Å². The summed E-state index contributed by atoms with van der Waals surface area (Å²) in [4.78, 5) is 115. The molecule has 0 aromatic heterocycles. The second-order valence-electron chi connectivity index (χ2n) is 35.9. The molecule has 0 spiro atoms. The fraction of sp³-hybridized carbons (Fsp3) is 0.893. The number of Topliss-reactive ketones (excluding diaryl/α,β-unsaturated/α-hetero) is 5. The Morgan fingerprint density at radius 1 is 0.345 bits per heavy atom. The minimum atomic E-state index is -1.42. The van der Waals surface area contributed by atoms with Crippen molar-refractivity contribution < 1.29 is 132 Å². The van der Waals surface area contributed by atoms with Crippen LogP contribution in [-0.4, -0.2) is 305 Å². The SMILES string of the molecule is CC(=O)NC1[C@@H](O)[C@@H](O)C(CO)O[C@H]1C(C)(C)OCCCCC(=O)C(C)(C)CCCCCC(=O)CCOCC(C)(COCCC(=O)CCCCNC(C)(C)C(=O)CCCCOC(C)(C)[C@@H]1OC(CO)[C@H](O)[C@H](O)C1NC(C)=O)COCCC(=O)NCCCCC(C)(C)C(=O)CCCCOC(C)(C)[C@@H]1OC(CO)[C@H](O)[C@H](O)C1NC(C)=O. The molecule has 7 unspecified atom stereocenters. The van der Waals surface area contributed by atoms with Crippen LogP contribution in [0.15, 0.2) is 0 Å². The standard InChI is InChI=1S/C84H151N5O27/c1-54(93)87-66-72(105)69(102)59(48-90)114-75(66)81(10,11)111-42-27-20-32-62(98)78(4,5)38-23-17-18-30-57(96)35-45-108-51-84(16,52-109-46-36-58(97)31-19-25-41-86-80(8,9)64(100)34-22-29-44-113-83(14,15)77-68(89-56(3)95)74(107)71(104)61(50-92)116-77)53-110-47-37-65(101)85-40-26-24-39-79(6,7)63(99)33-21-28-43-112-82(12,13)76-67(88-55(2)94)73(106)70(103)60(49-91)115-76/h59-61,66-77,86,90-92,102-107H,17-53H2,1-16H3,(H,85,101)(H,87,93)(H,88,94)(H,89,95)/t59?,60?,61?,66?,67?,68?,69-,70-,71-,72+,73+,74+,75+,76+,77+,84?/m0/s1. The van der Waals surface area contributed by atoms with Crippen molar-refractivity contribution in [3.63, 3.8) is 0 Å². The number of hydrogen-bond donors (Lipinski definition) is 14. The van der Waals surface area contributed by atoms with Crippen LogP contribution in [-0.2, 0) is 85.8 Å². The van der Waals surface area contributed by atoms with Crippen LogP contribution < -0.4 is 26.6 Å². The van der Waals surface area contributed by atoms with Crippen molar-refractivity contribution in [3.8, 4) is 0 Å². The fourth-order valence-electron chi connectivity index (χ4n) is 14.9. The van der Waals surface area contributed by atoms with E-state index >= 15 is 0 Å². The summed E-state index contributed by atoms with van der Waals surface area (Å²) in [5.74, 6) is -1.22. The largest absolute Gasteiger partial charge is 0.394 e. The van der Waals surface area contributed by atoms with Gasteiger partial charge in [0.15, 0.2) is 5.78 Å². The number of carbonyl (C=O) groups excluding carboxylic acids is 9. The molecular weight excluding hydrogens is 1510 g/mol. The van der Waals surface area contributed by atoms with E-state index in [0.717, 1.165) is 12.8 Å². The maximum absolute atomic E-state index is 13.4. The molecule has 16 atom stereocenters. The molecular formula is C84H151N5O27. The van der Waals surface area contributed by atoms with E-state index in [0.29, 0.717) is 122 Å². The minimum Gasteiger partial charge on any atom is -0.394 e. The normalized spacial score (nSPS) is 24.9. The number of carbonyl (C=O) groups is 9. The highest BCUT2D eigenvalue weighted by molar-refractivity contribution is 5.87. The van der Waals surface area contributed by atoms with E-state index in [2.05, 4.69) is 26.6 Å². The number of nitrogens with one attached hydrogen (secondary N) is 5. The maximum Gasteiger partial charge on any atom is 0.222 e. The number of hydrogen-bond acceptors (Lipinski definition) is 28. The van der Waals surface area contributed by atoms with Gasteiger partial charge in [-0.25, -0.2) is 0 Å². The van der Waals surface area contributed by atoms with E-state index in [1.165, 1.54) is 20.8 Å². The third-order valence-corrected chi connectivity index (χ3v) is 22.6. The van der Waals surface area contributed by atoms with Gasteiger partial charge in [-0.3, -0.25) is 43.2 Å². The van der Waals surface area contributed by atoms with Gasteiger partial charge in [0.2, 0.25) is 23.6 Å². The van der Waals surface area contributed by atoms with Crippen LogP contribution in [0.25, 0.3) is 0 Å². The molecule has 32 heteroatoms. The average molecular weight is 1660 g/mol. The number of unbranched alkanes of at least 4 members (excludes halogenated alkanes) is 7. The molecule has 3 heterocycles. The average Bonchev–Trinajstić information content (AvgIpc) is 0.788. The summed E-state index contributed by atoms with van der Waals surface area (Å²) in [6.07, 6.45) is -2.99. The molecule has 3 aliphatic heterocycles. The van der Waals surface area contributed by atoms with Gasteiger partial charge in [0, 0.05) is 115 Å². The second kappa shape index (κ2) is 51.4. The van der Waals surface area contributed by atoms with Crippen LogP contribution in [0, 0.1) is 16.2 Å². The lowest BCUT2D eigenvalue weighted by Gasteiger charge is -2.48. The van der Waals surface area contributed by atoms with Crippen molar-refractivity contribution >= 4 is 52.5 Å². The Labute approximate surface area is 688 Å². The monoisotopic (exact) mass is 1660 g/mol.